The summed E-state index contributed by atoms with van der Waals surface area (Å²) in [6, 6.07) is 4.37. The molecule has 0 radical (unpaired) electrons. The summed E-state index contributed by atoms with van der Waals surface area (Å²) >= 11 is 11.6. The molecule has 1 heterocycles. The van der Waals surface area contributed by atoms with E-state index in [-0.39, 0.29) is 10.7 Å². The lowest BCUT2D eigenvalue weighted by Gasteiger charge is -2.07. The lowest BCUT2D eigenvalue weighted by atomic mass is 10.3. The highest BCUT2D eigenvalue weighted by atomic mass is 35.5. The van der Waals surface area contributed by atoms with Crippen molar-refractivity contribution in [3.63, 3.8) is 0 Å². The third-order valence-electron chi connectivity index (χ3n) is 3.09. The lowest BCUT2D eigenvalue weighted by Crippen LogP contribution is -2.20. The van der Waals surface area contributed by atoms with Crippen molar-refractivity contribution in [3.8, 4) is 0 Å². The van der Waals surface area contributed by atoms with E-state index in [0.29, 0.717) is 10.7 Å². The van der Waals surface area contributed by atoms with Gasteiger partial charge in [0.2, 0.25) is 11.6 Å². The van der Waals surface area contributed by atoms with Crippen LogP contribution in [0.5, 0.6) is 0 Å². The van der Waals surface area contributed by atoms with Crippen LogP contribution in [0.25, 0.3) is 0 Å². The molecule has 1 aromatic heterocycles. The van der Waals surface area contributed by atoms with Crippen LogP contribution in [0.3, 0.4) is 0 Å². The van der Waals surface area contributed by atoms with E-state index < -0.39 is 35.2 Å². The number of nitrogens with zero attached hydrogens (tertiary/aromatic N) is 3. The molecule has 2 aromatic rings. The molecule has 0 fully saturated rings. The predicted molar refractivity (Wildman–Crippen MR) is 83.7 cm³/mol. The molecule has 11 heteroatoms. The van der Waals surface area contributed by atoms with Crippen LogP contribution in [0.2, 0.25) is 10.0 Å². The summed E-state index contributed by atoms with van der Waals surface area (Å²) < 4.78 is 26.5. The van der Waals surface area contributed by atoms with Crippen molar-refractivity contribution >= 4 is 40.5 Å². The Kier molecular flexibility index (Phi) is 5.35. The second-order valence-corrected chi connectivity index (χ2v) is 5.53. The average Bonchev–Trinajstić information content (AvgIpc) is 2.80. The largest absolute Gasteiger partial charge is 0.324 e. The number of nitro groups is 1. The Morgan fingerprint density at radius 2 is 2.08 bits per heavy atom. The summed E-state index contributed by atoms with van der Waals surface area (Å²) in [6.45, 7) is 0.767. The van der Waals surface area contributed by atoms with Crippen molar-refractivity contribution in [3.05, 3.63) is 49.7 Å². The smallest absolute Gasteiger partial charge is 0.319 e. The SMILES string of the molecule is Cc1c([N+](=O)[O-])c(C(F)F)nn1CC(=O)Nc1ccc(Cl)c(Cl)c1. The van der Waals surface area contributed by atoms with Gasteiger partial charge in [-0.2, -0.15) is 5.10 Å². The van der Waals surface area contributed by atoms with Crippen molar-refractivity contribution in [2.24, 2.45) is 0 Å². The number of hydrogen-bond donors (Lipinski definition) is 1. The standard InChI is InChI=1S/C13H10Cl2F2N4O3/c1-6-12(21(23)24)11(13(16)17)19-20(6)5-10(22)18-7-2-3-8(14)9(15)4-7/h2-4,13H,5H2,1H3,(H,18,22). The maximum Gasteiger partial charge on any atom is 0.319 e. The number of benzene rings is 1. The summed E-state index contributed by atoms with van der Waals surface area (Å²) in [5, 5.41) is 17.4. The van der Waals surface area contributed by atoms with Gasteiger partial charge in [0.05, 0.1) is 15.0 Å². The molecule has 2 rings (SSSR count). The first-order valence-electron chi connectivity index (χ1n) is 6.45. The normalized spacial score (nSPS) is 10.9. The molecule has 0 saturated carbocycles. The fourth-order valence-corrected chi connectivity index (χ4v) is 2.30. The molecule has 1 aromatic carbocycles. The third kappa shape index (κ3) is 3.80. The lowest BCUT2D eigenvalue weighted by molar-refractivity contribution is -0.386. The Hall–Kier alpha value is -2.26. The molecule has 0 atom stereocenters. The zero-order valence-corrected chi connectivity index (χ0v) is 13.6. The number of carbonyl (C=O) groups is 1. The van der Waals surface area contributed by atoms with Gasteiger partial charge < -0.3 is 5.32 Å². The van der Waals surface area contributed by atoms with Gasteiger partial charge in [0, 0.05) is 5.69 Å². The first-order valence-corrected chi connectivity index (χ1v) is 7.21. The first-order chi connectivity index (χ1) is 11.2. The number of rotatable bonds is 5. The Morgan fingerprint density at radius 3 is 2.58 bits per heavy atom. The topological polar surface area (TPSA) is 90.1 Å². The van der Waals surface area contributed by atoms with Gasteiger partial charge in [0.25, 0.3) is 6.43 Å². The Labute approximate surface area is 144 Å². The van der Waals surface area contributed by atoms with Gasteiger partial charge in [-0.3, -0.25) is 19.6 Å². The van der Waals surface area contributed by atoms with Gasteiger partial charge in [-0.05, 0) is 25.1 Å². The highest BCUT2D eigenvalue weighted by Gasteiger charge is 2.31. The monoisotopic (exact) mass is 378 g/mol. The number of aromatic nitrogens is 2. The molecular formula is C13H10Cl2F2N4O3. The van der Waals surface area contributed by atoms with Crippen LogP contribution in [0, 0.1) is 17.0 Å². The summed E-state index contributed by atoms with van der Waals surface area (Å²) in [7, 11) is 0. The van der Waals surface area contributed by atoms with Crippen LogP contribution in [0.15, 0.2) is 18.2 Å². The summed E-state index contributed by atoms with van der Waals surface area (Å²) in [6.07, 6.45) is -3.12. The van der Waals surface area contributed by atoms with Gasteiger partial charge in [0.15, 0.2) is 0 Å². The third-order valence-corrected chi connectivity index (χ3v) is 3.83. The number of hydrogen-bond acceptors (Lipinski definition) is 4. The van der Waals surface area contributed by atoms with E-state index in [1.54, 1.807) is 0 Å². The number of amides is 1. The van der Waals surface area contributed by atoms with Gasteiger partial charge in [0.1, 0.15) is 12.2 Å². The number of nitrogens with one attached hydrogen (secondary N) is 1. The van der Waals surface area contributed by atoms with E-state index in [2.05, 4.69) is 10.4 Å². The van der Waals surface area contributed by atoms with E-state index in [1.165, 1.54) is 25.1 Å². The quantitative estimate of drug-likeness (QED) is 0.629. The number of alkyl halides is 2. The van der Waals surface area contributed by atoms with E-state index in [1.807, 2.05) is 0 Å². The Balaban J connectivity index is 2.21. The fraction of sp³-hybridized carbons (Fsp3) is 0.231. The van der Waals surface area contributed by atoms with Gasteiger partial charge in [-0.1, -0.05) is 23.2 Å². The molecular weight excluding hydrogens is 369 g/mol. The van der Waals surface area contributed by atoms with Crippen molar-refractivity contribution in [1.82, 2.24) is 9.78 Å². The minimum absolute atomic E-state index is 0.139. The van der Waals surface area contributed by atoms with Crippen LogP contribution in [-0.2, 0) is 11.3 Å². The molecule has 1 N–H and O–H groups in total. The van der Waals surface area contributed by atoms with Crippen molar-refractivity contribution in [2.45, 2.75) is 19.9 Å². The van der Waals surface area contributed by atoms with E-state index in [9.17, 15) is 23.7 Å². The number of carbonyl (C=O) groups excluding carboxylic acids is 1. The van der Waals surface area contributed by atoms with Crippen LogP contribution in [0.1, 0.15) is 17.8 Å². The molecule has 0 aliphatic carbocycles. The van der Waals surface area contributed by atoms with Gasteiger partial charge in [-0.15, -0.1) is 0 Å². The highest BCUT2D eigenvalue weighted by molar-refractivity contribution is 6.42. The van der Waals surface area contributed by atoms with Crippen LogP contribution < -0.4 is 5.32 Å². The summed E-state index contributed by atoms with van der Waals surface area (Å²) in [5.74, 6) is -0.616. The van der Waals surface area contributed by atoms with Crippen molar-refractivity contribution in [2.75, 3.05) is 5.32 Å². The van der Waals surface area contributed by atoms with E-state index >= 15 is 0 Å². The molecule has 1 amide bonds. The molecule has 0 aliphatic heterocycles. The maximum atomic E-state index is 12.8. The zero-order chi connectivity index (χ0) is 18.0. The van der Waals surface area contributed by atoms with Gasteiger partial charge in [-0.25, -0.2) is 8.78 Å². The maximum absolute atomic E-state index is 12.8. The van der Waals surface area contributed by atoms with Crippen molar-refractivity contribution in [1.29, 1.82) is 0 Å². The number of halogens is 4. The average molecular weight is 379 g/mol. The Morgan fingerprint density at radius 1 is 1.42 bits per heavy atom. The molecule has 0 spiro atoms. The molecule has 128 valence electrons. The van der Waals surface area contributed by atoms with E-state index in [4.69, 9.17) is 23.2 Å². The van der Waals surface area contributed by atoms with E-state index in [0.717, 1.165) is 4.68 Å². The van der Waals surface area contributed by atoms with Gasteiger partial charge >= 0.3 is 5.69 Å². The highest BCUT2D eigenvalue weighted by Crippen LogP contribution is 2.31. The minimum atomic E-state index is -3.12. The summed E-state index contributed by atoms with van der Waals surface area (Å²) in [5.41, 5.74) is -1.57. The fourth-order valence-electron chi connectivity index (χ4n) is 2.00. The minimum Gasteiger partial charge on any atom is -0.324 e. The van der Waals surface area contributed by atoms with Crippen molar-refractivity contribution < 1.29 is 18.5 Å². The number of anilines is 1. The molecule has 0 saturated heterocycles. The second-order valence-electron chi connectivity index (χ2n) is 4.71. The molecule has 0 unspecified atom stereocenters. The molecule has 24 heavy (non-hydrogen) atoms. The summed E-state index contributed by atoms with van der Waals surface area (Å²) in [4.78, 5) is 21.9. The zero-order valence-electron chi connectivity index (χ0n) is 12.1. The molecule has 7 nitrogen and oxygen atoms in total. The first kappa shape index (κ1) is 18.1. The molecule has 0 bridgehead atoms. The Bertz CT molecular complexity index is 811. The second kappa shape index (κ2) is 7.10. The van der Waals surface area contributed by atoms with Crippen LogP contribution >= 0.6 is 23.2 Å². The van der Waals surface area contributed by atoms with Crippen LogP contribution in [0.4, 0.5) is 20.2 Å². The van der Waals surface area contributed by atoms with Crippen LogP contribution in [-0.4, -0.2) is 20.6 Å². The predicted octanol–water partition coefficient (Wildman–Crippen LogP) is 3.98. The molecule has 0 aliphatic rings.